The monoisotopic (exact) mass is 396 g/mol. The first kappa shape index (κ1) is 22.8. The molecule has 0 aliphatic carbocycles. The molecule has 0 amide bonds. The van der Waals surface area contributed by atoms with Crippen LogP contribution in [-0.4, -0.2) is 51.0 Å². The van der Waals surface area contributed by atoms with Gasteiger partial charge in [-0.3, -0.25) is 15.0 Å². The molecule has 0 spiro atoms. The van der Waals surface area contributed by atoms with Gasteiger partial charge in [-0.05, 0) is 25.1 Å². The highest BCUT2D eigenvalue weighted by Gasteiger charge is 2.23. The van der Waals surface area contributed by atoms with Crippen molar-refractivity contribution in [1.82, 2.24) is 9.62 Å². The summed E-state index contributed by atoms with van der Waals surface area (Å²) < 4.78 is 25.9. The van der Waals surface area contributed by atoms with Crippen molar-refractivity contribution in [2.75, 3.05) is 32.0 Å². The highest BCUT2D eigenvalue weighted by Crippen LogP contribution is 2.28. The van der Waals surface area contributed by atoms with Gasteiger partial charge in [0.1, 0.15) is 5.69 Å². The molecule has 0 saturated heterocycles. The molecule has 0 fully saturated rings. The van der Waals surface area contributed by atoms with Crippen LogP contribution in [-0.2, 0) is 10.0 Å². The summed E-state index contributed by atoms with van der Waals surface area (Å²) in [5.41, 5.74) is -0.00863. The Balaban J connectivity index is 3.13. The Kier molecular flexibility index (Phi) is 8.61. The van der Waals surface area contributed by atoms with Gasteiger partial charge in [0, 0.05) is 31.7 Å². The van der Waals surface area contributed by atoms with Crippen molar-refractivity contribution in [3.63, 3.8) is 0 Å². The van der Waals surface area contributed by atoms with Crippen molar-refractivity contribution in [2.24, 2.45) is 5.92 Å². The number of nitrogens with zero attached hydrogens (tertiary/aromatic N) is 2. The van der Waals surface area contributed by atoms with Gasteiger partial charge in [-0.2, -0.15) is 0 Å². The molecule has 0 bridgehead atoms. The highest BCUT2D eigenvalue weighted by molar-refractivity contribution is 7.89. The van der Waals surface area contributed by atoms with Crippen molar-refractivity contribution in [2.45, 2.75) is 24.8 Å². The largest absolute Gasteiger partial charge is 0.378 e. The van der Waals surface area contributed by atoms with E-state index in [1.807, 2.05) is 0 Å². The Hall–Kier alpha value is -2.23. The molecule has 0 aromatic heterocycles. The number of nitrogens with one attached hydrogen (secondary N) is 2. The van der Waals surface area contributed by atoms with E-state index in [1.54, 1.807) is 12.2 Å². The van der Waals surface area contributed by atoms with Crippen molar-refractivity contribution in [3.05, 3.63) is 53.6 Å². The summed E-state index contributed by atoms with van der Waals surface area (Å²) in [6.07, 6.45) is 3.61. The van der Waals surface area contributed by atoms with Gasteiger partial charge in [-0.25, -0.2) is 13.1 Å². The average molecular weight is 397 g/mol. The molecule has 0 heterocycles. The van der Waals surface area contributed by atoms with E-state index in [1.165, 1.54) is 19.2 Å². The molecule has 0 saturated carbocycles. The second-order valence-corrected chi connectivity index (χ2v) is 8.25. The van der Waals surface area contributed by atoms with Crippen LogP contribution in [0, 0.1) is 16.0 Å². The second kappa shape index (κ2) is 10.2. The topological polar surface area (TPSA) is 105 Å². The summed E-state index contributed by atoms with van der Waals surface area (Å²) in [5.74, 6) is 0.278. The summed E-state index contributed by atoms with van der Waals surface area (Å²) >= 11 is 0. The minimum absolute atomic E-state index is 0.0846. The van der Waals surface area contributed by atoms with Gasteiger partial charge in [-0.1, -0.05) is 26.0 Å². The van der Waals surface area contributed by atoms with E-state index >= 15 is 0 Å². The molecule has 1 atom stereocenters. The van der Waals surface area contributed by atoms with E-state index < -0.39 is 14.9 Å². The maximum absolute atomic E-state index is 11.9. The van der Waals surface area contributed by atoms with E-state index in [9.17, 15) is 18.5 Å². The second-order valence-electron chi connectivity index (χ2n) is 6.37. The quantitative estimate of drug-likeness (QED) is 0.320. The number of anilines is 1. The van der Waals surface area contributed by atoms with Crippen LogP contribution < -0.4 is 10.0 Å². The molecule has 1 aromatic rings. The number of nitro benzene ring substituents is 1. The Morgan fingerprint density at radius 3 is 2.30 bits per heavy atom. The van der Waals surface area contributed by atoms with Crippen LogP contribution in [0.3, 0.4) is 0 Å². The third-order valence-corrected chi connectivity index (χ3v) is 5.62. The van der Waals surface area contributed by atoms with E-state index in [0.29, 0.717) is 19.6 Å². The van der Waals surface area contributed by atoms with Gasteiger partial charge in [0.25, 0.3) is 5.69 Å². The molecule has 27 heavy (non-hydrogen) atoms. The smallest absolute Gasteiger partial charge is 0.293 e. The van der Waals surface area contributed by atoms with Gasteiger partial charge >= 0.3 is 0 Å². The number of hydrogen-bond donors (Lipinski definition) is 2. The third-order valence-electron chi connectivity index (χ3n) is 4.21. The zero-order valence-electron chi connectivity index (χ0n) is 16.0. The van der Waals surface area contributed by atoms with Crippen molar-refractivity contribution in [3.8, 4) is 0 Å². The summed E-state index contributed by atoms with van der Waals surface area (Å²) in [7, 11) is -2.50. The molecular weight excluding hydrogens is 368 g/mol. The van der Waals surface area contributed by atoms with Crippen LogP contribution in [0.2, 0.25) is 0 Å². The minimum atomic E-state index is -3.76. The Labute approximate surface area is 161 Å². The van der Waals surface area contributed by atoms with E-state index in [4.69, 9.17) is 0 Å². The molecule has 1 aromatic carbocycles. The van der Waals surface area contributed by atoms with Crippen LogP contribution in [0.25, 0.3) is 0 Å². The van der Waals surface area contributed by atoms with Crippen LogP contribution in [0.5, 0.6) is 0 Å². The lowest BCUT2D eigenvalue weighted by atomic mass is 10.0. The molecule has 150 valence electrons. The van der Waals surface area contributed by atoms with Crippen LogP contribution >= 0.6 is 0 Å². The predicted octanol–water partition coefficient (Wildman–Crippen LogP) is 2.61. The fourth-order valence-corrected chi connectivity index (χ4v) is 3.52. The lowest BCUT2D eigenvalue weighted by Gasteiger charge is -2.33. The predicted molar refractivity (Wildman–Crippen MR) is 108 cm³/mol. The van der Waals surface area contributed by atoms with Crippen molar-refractivity contribution >= 4 is 21.4 Å². The van der Waals surface area contributed by atoms with Crippen LogP contribution in [0.15, 0.2) is 48.4 Å². The fourth-order valence-electron chi connectivity index (χ4n) is 2.77. The van der Waals surface area contributed by atoms with E-state index in [-0.39, 0.29) is 28.2 Å². The summed E-state index contributed by atoms with van der Waals surface area (Å²) in [6, 6.07) is 3.91. The minimum Gasteiger partial charge on any atom is -0.378 e. The average Bonchev–Trinajstić information content (AvgIpc) is 2.61. The van der Waals surface area contributed by atoms with Gasteiger partial charge < -0.3 is 5.32 Å². The van der Waals surface area contributed by atoms with Gasteiger partial charge in [-0.15, -0.1) is 13.2 Å². The summed E-state index contributed by atoms with van der Waals surface area (Å²) in [6.45, 7) is 13.5. The van der Waals surface area contributed by atoms with Crippen LogP contribution in [0.4, 0.5) is 11.4 Å². The molecule has 1 rings (SSSR count). The molecule has 9 heteroatoms. The third kappa shape index (κ3) is 6.16. The highest BCUT2D eigenvalue weighted by atomic mass is 32.2. The van der Waals surface area contributed by atoms with Crippen molar-refractivity contribution < 1.29 is 13.3 Å². The number of benzene rings is 1. The van der Waals surface area contributed by atoms with E-state index in [2.05, 4.69) is 41.9 Å². The van der Waals surface area contributed by atoms with Gasteiger partial charge in [0.15, 0.2) is 0 Å². The van der Waals surface area contributed by atoms with Crippen LogP contribution in [0.1, 0.15) is 13.8 Å². The lowest BCUT2D eigenvalue weighted by Crippen LogP contribution is -2.43. The number of nitro groups is 1. The maximum Gasteiger partial charge on any atom is 0.293 e. The normalized spacial score (nSPS) is 12.8. The Morgan fingerprint density at radius 2 is 1.85 bits per heavy atom. The first-order chi connectivity index (χ1) is 12.7. The number of rotatable bonds is 12. The molecule has 8 nitrogen and oxygen atoms in total. The first-order valence-corrected chi connectivity index (χ1v) is 10.1. The molecule has 2 N–H and O–H groups in total. The van der Waals surface area contributed by atoms with Gasteiger partial charge in [0.2, 0.25) is 10.0 Å². The fraction of sp³-hybridized carbons (Fsp3) is 0.444. The Morgan fingerprint density at radius 1 is 1.26 bits per heavy atom. The van der Waals surface area contributed by atoms with E-state index in [0.717, 1.165) is 6.07 Å². The SMILES string of the molecule is C=CCN(CC=C)C(CNc1ccc(S(=O)(=O)NC)cc1[N+](=O)[O-])C(C)C. The Bertz CT molecular complexity index is 768. The zero-order valence-corrected chi connectivity index (χ0v) is 16.8. The summed E-state index contributed by atoms with van der Waals surface area (Å²) in [5, 5.41) is 14.5. The molecular formula is C18H28N4O4S. The molecule has 0 radical (unpaired) electrons. The lowest BCUT2D eigenvalue weighted by molar-refractivity contribution is -0.384. The maximum atomic E-state index is 11.9. The number of hydrogen-bond acceptors (Lipinski definition) is 6. The summed E-state index contributed by atoms with van der Waals surface area (Å²) in [4.78, 5) is 12.8. The zero-order chi connectivity index (χ0) is 20.6. The number of sulfonamides is 1. The molecule has 0 aliphatic rings. The standard InChI is InChI=1S/C18H28N4O4S/c1-6-10-21(11-7-2)18(14(3)4)13-20-16-9-8-15(27(25,26)19-5)12-17(16)22(23)24/h6-9,12,14,18-20H,1-2,10-11,13H2,3-5H3. The molecule has 0 aliphatic heterocycles. The molecule has 1 unspecified atom stereocenters. The van der Waals surface area contributed by atoms with Crippen molar-refractivity contribution in [1.29, 1.82) is 0 Å². The van der Waals surface area contributed by atoms with Gasteiger partial charge in [0.05, 0.1) is 9.82 Å². The first-order valence-electron chi connectivity index (χ1n) is 8.59.